The standard InChI is InChI=1S/C25H20Cl2N2O3S/c1-30-21-4-2-3-5-22(21)32-24-23(18-8-7-17(26)13-19(18)27)29-25(33-24)28-14-15-6-9-20-16(12-15)10-11-31-20/h2-9,12-13H,10-11,14H2,1H3,(H,28,29). The number of methoxy groups -OCH3 is 1. The zero-order valence-corrected chi connectivity index (χ0v) is 20.1. The zero-order chi connectivity index (χ0) is 22.8. The third-order valence-corrected chi connectivity index (χ3v) is 6.69. The van der Waals surface area contributed by atoms with Crippen LogP contribution in [-0.4, -0.2) is 18.7 Å². The predicted octanol–water partition coefficient (Wildman–Crippen LogP) is 7.46. The van der Waals surface area contributed by atoms with Crippen LogP contribution in [0.5, 0.6) is 22.3 Å². The van der Waals surface area contributed by atoms with Gasteiger partial charge in [0.15, 0.2) is 16.6 Å². The van der Waals surface area contributed by atoms with Crippen molar-refractivity contribution in [1.29, 1.82) is 0 Å². The number of aromatic nitrogens is 1. The molecule has 0 atom stereocenters. The van der Waals surface area contributed by atoms with Crippen LogP contribution in [0.4, 0.5) is 5.13 Å². The molecular formula is C25H20Cl2N2O3S. The minimum atomic E-state index is 0.503. The fraction of sp³-hybridized carbons (Fsp3) is 0.160. The van der Waals surface area contributed by atoms with Crippen molar-refractivity contribution in [1.82, 2.24) is 4.98 Å². The molecule has 1 aliphatic rings. The molecule has 0 radical (unpaired) electrons. The molecule has 1 aliphatic heterocycles. The van der Waals surface area contributed by atoms with Crippen molar-refractivity contribution in [3.8, 4) is 33.6 Å². The number of nitrogens with zero attached hydrogens (tertiary/aromatic N) is 1. The lowest BCUT2D eigenvalue weighted by molar-refractivity contribution is 0.357. The number of fused-ring (bicyclic) bond motifs is 1. The maximum atomic E-state index is 6.50. The van der Waals surface area contributed by atoms with E-state index in [2.05, 4.69) is 17.4 Å². The highest BCUT2D eigenvalue weighted by atomic mass is 35.5. The molecule has 0 unspecified atom stereocenters. The summed E-state index contributed by atoms with van der Waals surface area (Å²) in [4.78, 5) is 4.80. The summed E-state index contributed by atoms with van der Waals surface area (Å²) >= 11 is 14.0. The number of nitrogens with one attached hydrogen (secondary N) is 1. The van der Waals surface area contributed by atoms with Gasteiger partial charge < -0.3 is 19.5 Å². The molecule has 0 saturated carbocycles. The van der Waals surface area contributed by atoms with Gasteiger partial charge in [-0.3, -0.25) is 0 Å². The molecule has 1 N–H and O–H groups in total. The minimum Gasteiger partial charge on any atom is -0.493 e. The molecule has 4 aromatic rings. The quantitative estimate of drug-likeness (QED) is 0.286. The average molecular weight is 499 g/mol. The van der Waals surface area contributed by atoms with Gasteiger partial charge in [-0.2, -0.15) is 0 Å². The minimum absolute atomic E-state index is 0.503. The van der Waals surface area contributed by atoms with E-state index >= 15 is 0 Å². The number of halogens is 2. The number of thiazole rings is 1. The van der Waals surface area contributed by atoms with Crippen LogP contribution >= 0.6 is 34.5 Å². The van der Waals surface area contributed by atoms with E-state index in [0.29, 0.717) is 38.8 Å². The highest BCUT2D eigenvalue weighted by Crippen LogP contribution is 2.45. The van der Waals surface area contributed by atoms with Crippen LogP contribution < -0.4 is 19.5 Å². The normalized spacial score (nSPS) is 12.2. The largest absolute Gasteiger partial charge is 0.493 e. The highest BCUT2D eigenvalue weighted by Gasteiger charge is 2.20. The predicted molar refractivity (Wildman–Crippen MR) is 134 cm³/mol. The molecule has 0 aliphatic carbocycles. The fourth-order valence-electron chi connectivity index (χ4n) is 3.63. The Hall–Kier alpha value is -2.93. The van der Waals surface area contributed by atoms with Gasteiger partial charge in [-0.05, 0) is 47.5 Å². The van der Waals surface area contributed by atoms with E-state index in [-0.39, 0.29) is 0 Å². The maximum Gasteiger partial charge on any atom is 0.210 e. The van der Waals surface area contributed by atoms with Gasteiger partial charge in [0.25, 0.3) is 0 Å². The Kier molecular flexibility index (Phi) is 6.31. The van der Waals surface area contributed by atoms with Crippen LogP contribution in [0.25, 0.3) is 11.3 Å². The van der Waals surface area contributed by atoms with Gasteiger partial charge >= 0.3 is 0 Å². The highest BCUT2D eigenvalue weighted by molar-refractivity contribution is 7.17. The molecule has 0 saturated heterocycles. The smallest absolute Gasteiger partial charge is 0.210 e. The molecule has 0 spiro atoms. The topological polar surface area (TPSA) is 52.6 Å². The molecule has 0 bridgehead atoms. The lowest BCUT2D eigenvalue weighted by Crippen LogP contribution is -1.99. The summed E-state index contributed by atoms with van der Waals surface area (Å²) in [5, 5.41) is 5.80. The lowest BCUT2D eigenvalue weighted by Gasteiger charge is -2.10. The summed E-state index contributed by atoms with van der Waals surface area (Å²) in [6.07, 6.45) is 0.941. The van der Waals surface area contributed by atoms with Crippen molar-refractivity contribution in [2.75, 3.05) is 19.0 Å². The Morgan fingerprint density at radius 1 is 1.06 bits per heavy atom. The molecule has 3 aromatic carbocycles. The Balaban J connectivity index is 1.46. The summed E-state index contributed by atoms with van der Waals surface area (Å²) in [6.45, 7) is 1.37. The number of benzene rings is 3. The summed E-state index contributed by atoms with van der Waals surface area (Å²) < 4.78 is 17.3. The number of rotatable bonds is 7. The van der Waals surface area contributed by atoms with Gasteiger partial charge in [0, 0.05) is 23.6 Å². The Labute approximate surface area is 205 Å². The number of para-hydroxylation sites is 2. The molecule has 1 aromatic heterocycles. The first-order chi connectivity index (χ1) is 16.1. The van der Waals surface area contributed by atoms with E-state index < -0.39 is 0 Å². The summed E-state index contributed by atoms with van der Waals surface area (Å²) in [5.74, 6) is 2.20. The summed E-state index contributed by atoms with van der Waals surface area (Å²) in [6, 6.07) is 19.1. The van der Waals surface area contributed by atoms with E-state index in [1.54, 1.807) is 19.2 Å². The molecule has 8 heteroatoms. The number of anilines is 1. The Morgan fingerprint density at radius 2 is 1.91 bits per heavy atom. The van der Waals surface area contributed by atoms with Crippen LogP contribution in [0, 0.1) is 0 Å². The first kappa shape index (κ1) is 21.9. The fourth-order valence-corrected chi connectivity index (χ4v) is 4.97. The molecule has 5 rings (SSSR count). The third-order valence-electron chi connectivity index (χ3n) is 5.25. The van der Waals surface area contributed by atoms with Gasteiger partial charge in [-0.15, -0.1) is 0 Å². The SMILES string of the molecule is COc1ccccc1Oc1sc(NCc2ccc3c(c2)CCO3)nc1-c1ccc(Cl)cc1Cl. The van der Waals surface area contributed by atoms with Gasteiger partial charge in [0.05, 0.1) is 18.7 Å². The summed E-state index contributed by atoms with van der Waals surface area (Å²) in [7, 11) is 1.61. The molecule has 168 valence electrons. The van der Waals surface area contributed by atoms with Gasteiger partial charge in [-0.1, -0.05) is 58.8 Å². The van der Waals surface area contributed by atoms with E-state index in [1.807, 2.05) is 36.4 Å². The second-order valence-corrected chi connectivity index (χ2v) is 9.23. The van der Waals surface area contributed by atoms with Crippen molar-refractivity contribution >= 4 is 39.7 Å². The summed E-state index contributed by atoms with van der Waals surface area (Å²) in [5.41, 5.74) is 3.78. The maximum absolute atomic E-state index is 6.50. The first-order valence-electron chi connectivity index (χ1n) is 10.4. The van der Waals surface area contributed by atoms with E-state index in [1.165, 1.54) is 16.9 Å². The third kappa shape index (κ3) is 4.74. The van der Waals surface area contributed by atoms with Crippen molar-refractivity contribution in [2.45, 2.75) is 13.0 Å². The van der Waals surface area contributed by atoms with Crippen LogP contribution in [0.3, 0.4) is 0 Å². The van der Waals surface area contributed by atoms with Crippen LogP contribution in [0.1, 0.15) is 11.1 Å². The first-order valence-corrected chi connectivity index (χ1v) is 11.9. The van der Waals surface area contributed by atoms with Gasteiger partial charge in [-0.25, -0.2) is 4.98 Å². The molecule has 33 heavy (non-hydrogen) atoms. The van der Waals surface area contributed by atoms with Crippen LogP contribution in [0.15, 0.2) is 60.7 Å². The van der Waals surface area contributed by atoms with E-state index in [4.69, 9.17) is 42.4 Å². The van der Waals surface area contributed by atoms with Crippen molar-refractivity contribution in [2.24, 2.45) is 0 Å². The van der Waals surface area contributed by atoms with Crippen molar-refractivity contribution in [3.63, 3.8) is 0 Å². The zero-order valence-electron chi connectivity index (χ0n) is 17.7. The van der Waals surface area contributed by atoms with Crippen molar-refractivity contribution < 1.29 is 14.2 Å². The molecule has 0 amide bonds. The van der Waals surface area contributed by atoms with Crippen molar-refractivity contribution in [3.05, 3.63) is 81.8 Å². The number of hydrogen-bond acceptors (Lipinski definition) is 6. The molecular weight excluding hydrogens is 479 g/mol. The van der Waals surface area contributed by atoms with E-state index in [9.17, 15) is 0 Å². The molecule has 2 heterocycles. The van der Waals surface area contributed by atoms with E-state index in [0.717, 1.165) is 35.0 Å². The average Bonchev–Trinajstić information content (AvgIpc) is 3.44. The number of hydrogen-bond donors (Lipinski definition) is 1. The molecule has 5 nitrogen and oxygen atoms in total. The Bertz CT molecular complexity index is 1310. The van der Waals surface area contributed by atoms with Crippen LogP contribution in [0.2, 0.25) is 10.0 Å². The second-order valence-electron chi connectivity index (χ2n) is 7.43. The van der Waals surface area contributed by atoms with Gasteiger partial charge in [0.1, 0.15) is 11.4 Å². The Morgan fingerprint density at radius 3 is 2.73 bits per heavy atom. The second kappa shape index (κ2) is 9.51. The monoisotopic (exact) mass is 498 g/mol. The van der Waals surface area contributed by atoms with Gasteiger partial charge in [0.2, 0.25) is 5.06 Å². The van der Waals surface area contributed by atoms with Crippen LogP contribution in [-0.2, 0) is 13.0 Å². The molecule has 0 fully saturated rings. The lowest BCUT2D eigenvalue weighted by atomic mass is 10.1. The number of ether oxygens (including phenoxy) is 3.